The van der Waals surface area contributed by atoms with Crippen molar-refractivity contribution in [3.8, 4) is 6.07 Å². The number of nitro groups is 1. The molecule has 0 aliphatic heterocycles. The quantitative estimate of drug-likeness (QED) is 0.541. The highest BCUT2D eigenvalue weighted by Gasteiger charge is 2.12. The maximum atomic E-state index is 10.5. The van der Waals surface area contributed by atoms with E-state index >= 15 is 0 Å². The Morgan fingerprint density at radius 2 is 2.36 bits per heavy atom. The second kappa shape index (κ2) is 4.38. The minimum absolute atomic E-state index is 0.0104. The molecule has 71 valence electrons. The Hall–Kier alpha value is -1.89. The number of nitriles is 1. The highest BCUT2D eigenvalue weighted by Crippen LogP contribution is 2.22. The molecule has 0 saturated carbocycles. The molecule has 0 bridgehead atoms. The van der Waals surface area contributed by atoms with Gasteiger partial charge in [0.2, 0.25) is 0 Å². The molecule has 4 heteroatoms. The fourth-order valence-corrected chi connectivity index (χ4v) is 1.16. The first-order valence-corrected chi connectivity index (χ1v) is 4.12. The number of benzene rings is 1. The van der Waals surface area contributed by atoms with Crippen molar-refractivity contribution >= 4 is 5.69 Å². The third kappa shape index (κ3) is 2.07. The zero-order chi connectivity index (χ0) is 10.6. The van der Waals surface area contributed by atoms with Crippen molar-refractivity contribution in [2.45, 2.75) is 12.3 Å². The monoisotopic (exact) mass is 189 g/mol. The van der Waals surface area contributed by atoms with Crippen molar-refractivity contribution in [2.24, 2.45) is 0 Å². The molecule has 14 heavy (non-hydrogen) atoms. The number of nitro benzene ring substituents is 1. The van der Waals surface area contributed by atoms with Crippen molar-refractivity contribution in [2.75, 3.05) is 0 Å². The van der Waals surface area contributed by atoms with E-state index in [9.17, 15) is 10.1 Å². The molecular formula is C10H9N2O2. The van der Waals surface area contributed by atoms with E-state index in [0.29, 0.717) is 12.0 Å². The lowest BCUT2D eigenvalue weighted by Crippen LogP contribution is -1.95. The van der Waals surface area contributed by atoms with Crippen LogP contribution in [0.1, 0.15) is 17.9 Å². The van der Waals surface area contributed by atoms with Crippen molar-refractivity contribution in [1.29, 1.82) is 5.26 Å². The molecule has 1 unspecified atom stereocenters. The van der Waals surface area contributed by atoms with Gasteiger partial charge in [-0.1, -0.05) is 19.1 Å². The first-order valence-electron chi connectivity index (χ1n) is 4.12. The Labute approximate surface area is 81.9 Å². The molecule has 0 spiro atoms. The topological polar surface area (TPSA) is 66.9 Å². The molecule has 0 aliphatic carbocycles. The average molecular weight is 189 g/mol. The van der Waals surface area contributed by atoms with Gasteiger partial charge >= 0.3 is 0 Å². The predicted octanol–water partition coefficient (Wildman–Crippen LogP) is 2.43. The fraction of sp³-hybridized carbons (Fsp3) is 0.200. The summed E-state index contributed by atoms with van der Waals surface area (Å²) in [6.45, 7) is 3.62. The van der Waals surface area contributed by atoms with Gasteiger partial charge in [-0.25, -0.2) is 0 Å². The molecule has 0 aromatic heterocycles. The van der Waals surface area contributed by atoms with Gasteiger partial charge < -0.3 is 0 Å². The summed E-state index contributed by atoms with van der Waals surface area (Å²) in [4.78, 5) is 9.99. The fourth-order valence-electron chi connectivity index (χ4n) is 1.16. The molecule has 1 aromatic carbocycles. The van der Waals surface area contributed by atoms with Crippen LogP contribution < -0.4 is 0 Å². The highest BCUT2D eigenvalue weighted by molar-refractivity contribution is 5.37. The van der Waals surface area contributed by atoms with Gasteiger partial charge in [-0.3, -0.25) is 10.1 Å². The number of hydrogen-bond donors (Lipinski definition) is 0. The van der Waals surface area contributed by atoms with Gasteiger partial charge in [0, 0.05) is 12.1 Å². The minimum atomic E-state index is -0.471. The summed E-state index contributed by atoms with van der Waals surface area (Å²) in [6, 6.07) is 8.15. The third-order valence-electron chi connectivity index (χ3n) is 1.93. The smallest absolute Gasteiger partial charge is 0.258 e. The van der Waals surface area contributed by atoms with Crippen LogP contribution in [0, 0.1) is 28.4 Å². The third-order valence-corrected chi connectivity index (χ3v) is 1.93. The maximum Gasteiger partial charge on any atom is 0.269 e. The molecule has 4 nitrogen and oxygen atoms in total. The van der Waals surface area contributed by atoms with Crippen molar-refractivity contribution in [3.05, 3.63) is 46.9 Å². The molecule has 1 rings (SSSR count). The van der Waals surface area contributed by atoms with Crippen LogP contribution in [0.2, 0.25) is 0 Å². The maximum absolute atomic E-state index is 10.5. The van der Waals surface area contributed by atoms with Crippen LogP contribution in [0.3, 0.4) is 0 Å². The molecule has 0 fully saturated rings. The van der Waals surface area contributed by atoms with Crippen LogP contribution in [0.5, 0.6) is 0 Å². The Morgan fingerprint density at radius 1 is 1.64 bits per heavy atom. The van der Waals surface area contributed by atoms with Gasteiger partial charge in [-0.15, -0.1) is 0 Å². The Kier molecular flexibility index (Phi) is 3.19. The minimum Gasteiger partial charge on any atom is -0.258 e. The van der Waals surface area contributed by atoms with Crippen LogP contribution in [0.15, 0.2) is 24.3 Å². The van der Waals surface area contributed by atoms with Gasteiger partial charge in [0.15, 0.2) is 0 Å². The number of hydrogen-bond acceptors (Lipinski definition) is 3. The zero-order valence-corrected chi connectivity index (χ0v) is 7.51. The zero-order valence-electron chi connectivity index (χ0n) is 7.51. The van der Waals surface area contributed by atoms with E-state index < -0.39 is 4.92 Å². The summed E-state index contributed by atoms with van der Waals surface area (Å²) in [5.41, 5.74) is 0.660. The normalized spacial score (nSPS) is 11.7. The second-order valence-corrected chi connectivity index (χ2v) is 2.82. The van der Waals surface area contributed by atoms with Gasteiger partial charge in [0.05, 0.1) is 16.9 Å². The number of nitrogens with zero attached hydrogens (tertiary/aromatic N) is 2. The van der Waals surface area contributed by atoms with E-state index in [4.69, 9.17) is 5.26 Å². The van der Waals surface area contributed by atoms with E-state index in [-0.39, 0.29) is 11.6 Å². The van der Waals surface area contributed by atoms with Crippen molar-refractivity contribution < 1.29 is 4.92 Å². The Bertz CT molecular complexity index is 382. The molecule has 0 amide bonds. The van der Waals surface area contributed by atoms with Crippen LogP contribution in [0.4, 0.5) is 5.69 Å². The molecule has 1 radical (unpaired) electrons. The summed E-state index contributed by atoms with van der Waals surface area (Å²) < 4.78 is 0. The lowest BCUT2D eigenvalue weighted by atomic mass is 9.98. The van der Waals surface area contributed by atoms with E-state index in [0.717, 1.165) is 0 Å². The largest absolute Gasteiger partial charge is 0.269 e. The predicted molar refractivity (Wildman–Crippen MR) is 51.4 cm³/mol. The Morgan fingerprint density at radius 3 is 2.86 bits per heavy atom. The van der Waals surface area contributed by atoms with Crippen LogP contribution >= 0.6 is 0 Å². The SMILES string of the molecule is [CH2]CC(C#N)c1cccc([N+](=O)[O-])c1. The van der Waals surface area contributed by atoms with E-state index in [1.807, 2.05) is 6.07 Å². The summed E-state index contributed by atoms with van der Waals surface area (Å²) in [5.74, 6) is -0.366. The summed E-state index contributed by atoms with van der Waals surface area (Å²) >= 11 is 0. The van der Waals surface area contributed by atoms with Gasteiger partial charge in [-0.05, 0) is 12.0 Å². The Balaban J connectivity index is 3.06. The van der Waals surface area contributed by atoms with E-state index in [1.165, 1.54) is 12.1 Å². The summed E-state index contributed by atoms with van der Waals surface area (Å²) in [6.07, 6.45) is 0.414. The molecule has 1 aromatic rings. The first-order chi connectivity index (χ1) is 6.69. The second-order valence-electron chi connectivity index (χ2n) is 2.82. The van der Waals surface area contributed by atoms with Crippen LogP contribution in [-0.4, -0.2) is 4.92 Å². The molecule has 0 heterocycles. The number of rotatable bonds is 3. The van der Waals surface area contributed by atoms with Gasteiger partial charge in [0.25, 0.3) is 5.69 Å². The van der Waals surface area contributed by atoms with Gasteiger partial charge in [-0.2, -0.15) is 5.26 Å². The van der Waals surface area contributed by atoms with Crippen molar-refractivity contribution in [1.82, 2.24) is 0 Å². The number of non-ortho nitro benzene ring substituents is 1. The highest BCUT2D eigenvalue weighted by atomic mass is 16.6. The lowest BCUT2D eigenvalue weighted by Gasteiger charge is -2.04. The van der Waals surface area contributed by atoms with E-state index in [2.05, 4.69) is 6.92 Å². The van der Waals surface area contributed by atoms with Crippen molar-refractivity contribution in [3.63, 3.8) is 0 Å². The summed E-state index contributed by atoms with van der Waals surface area (Å²) in [7, 11) is 0. The standard InChI is InChI=1S/C10H9N2O2/c1-2-8(7-11)9-4-3-5-10(6-9)12(13)14/h3-6,8H,1-2H2. The van der Waals surface area contributed by atoms with E-state index in [1.54, 1.807) is 12.1 Å². The molecule has 0 saturated heterocycles. The van der Waals surface area contributed by atoms with Crippen LogP contribution in [-0.2, 0) is 0 Å². The van der Waals surface area contributed by atoms with Crippen LogP contribution in [0.25, 0.3) is 0 Å². The first kappa shape index (κ1) is 10.2. The molecule has 0 N–H and O–H groups in total. The molecule has 1 atom stereocenters. The molecular weight excluding hydrogens is 180 g/mol. The molecule has 0 aliphatic rings. The summed E-state index contributed by atoms with van der Waals surface area (Å²) in [5, 5.41) is 19.2. The van der Waals surface area contributed by atoms with Gasteiger partial charge in [0.1, 0.15) is 0 Å². The average Bonchev–Trinajstić information content (AvgIpc) is 2.20. The lowest BCUT2D eigenvalue weighted by molar-refractivity contribution is -0.384.